The second-order valence-corrected chi connectivity index (χ2v) is 8.93. The second-order valence-electron chi connectivity index (χ2n) is 8.93. The number of aliphatic hydroxyl groups excluding tert-OH is 1. The highest BCUT2D eigenvalue weighted by Gasteiger charge is 2.23. The number of aliphatic carboxylic acids is 1. The first-order valence-corrected chi connectivity index (χ1v) is 12.7. The van der Waals surface area contributed by atoms with Gasteiger partial charge in [0.15, 0.2) is 0 Å². The van der Waals surface area contributed by atoms with Gasteiger partial charge in [-0.2, -0.15) is 0 Å². The van der Waals surface area contributed by atoms with E-state index >= 15 is 0 Å². The third-order valence-electron chi connectivity index (χ3n) is 5.62. The average Bonchev–Trinajstić information content (AvgIpc) is 2.73. The van der Waals surface area contributed by atoms with Gasteiger partial charge in [-0.3, -0.25) is 19.3 Å². The molecule has 0 heterocycles. The monoisotopic (exact) mass is 473 g/mol. The van der Waals surface area contributed by atoms with Crippen LogP contribution in [0.4, 0.5) is 0 Å². The molecule has 0 saturated heterocycles. The van der Waals surface area contributed by atoms with Crippen molar-refractivity contribution in [3.05, 3.63) is 0 Å². The molecule has 0 radical (unpaired) electrons. The Morgan fingerprint density at radius 1 is 0.879 bits per heavy atom. The first-order chi connectivity index (χ1) is 15.8. The van der Waals surface area contributed by atoms with Gasteiger partial charge in [-0.15, -0.1) is 0 Å². The Kier molecular flexibility index (Phi) is 19.8. The number of hydrogen-bond acceptors (Lipinski definition) is 7. The number of carbonyl (C=O) groups is 3. The van der Waals surface area contributed by atoms with Gasteiger partial charge in [0.05, 0.1) is 12.6 Å². The lowest BCUT2D eigenvalue weighted by atomic mass is 9.99. The number of ether oxygens (including phenoxy) is 2. The lowest BCUT2D eigenvalue weighted by Gasteiger charge is -2.25. The van der Waals surface area contributed by atoms with Crippen molar-refractivity contribution in [3.8, 4) is 0 Å². The maximum atomic E-state index is 12.4. The summed E-state index contributed by atoms with van der Waals surface area (Å²) in [6, 6.07) is 0. The van der Waals surface area contributed by atoms with E-state index in [4.69, 9.17) is 14.6 Å². The third-order valence-corrected chi connectivity index (χ3v) is 5.62. The summed E-state index contributed by atoms with van der Waals surface area (Å²) in [6.07, 6.45) is 11.2. The van der Waals surface area contributed by atoms with Crippen LogP contribution in [0.15, 0.2) is 0 Å². The summed E-state index contributed by atoms with van der Waals surface area (Å²) in [4.78, 5) is 35.5. The number of unbranched alkanes of at least 4 members (excludes halogenated alkanes) is 9. The molecule has 0 fully saturated rings. The van der Waals surface area contributed by atoms with E-state index in [1.165, 1.54) is 26.2 Å². The molecule has 2 unspecified atom stereocenters. The van der Waals surface area contributed by atoms with Crippen molar-refractivity contribution in [2.45, 2.75) is 116 Å². The maximum Gasteiger partial charge on any atom is 0.320 e. The lowest BCUT2D eigenvalue weighted by Crippen LogP contribution is -2.36. The van der Waals surface area contributed by atoms with Crippen molar-refractivity contribution in [2.75, 3.05) is 26.7 Å². The minimum absolute atomic E-state index is 0.0740. The minimum Gasteiger partial charge on any atom is -0.481 e. The van der Waals surface area contributed by atoms with Gasteiger partial charge in [0.2, 0.25) is 0 Å². The number of esters is 2. The molecule has 0 amide bonds. The van der Waals surface area contributed by atoms with E-state index in [0.29, 0.717) is 25.8 Å². The highest BCUT2D eigenvalue weighted by atomic mass is 16.6. The molecular weight excluding hydrogens is 426 g/mol. The molecule has 2 N–H and O–H groups in total. The molecule has 33 heavy (non-hydrogen) atoms. The summed E-state index contributed by atoms with van der Waals surface area (Å²) < 4.78 is 10.6. The van der Waals surface area contributed by atoms with Crippen molar-refractivity contribution >= 4 is 17.9 Å². The van der Waals surface area contributed by atoms with Crippen LogP contribution in [0.25, 0.3) is 0 Å². The third kappa shape index (κ3) is 20.7. The molecule has 0 aromatic carbocycles. The molecule has 194 valence electrons. The van der Waals surface area contributed by atoms with E-state index in [-0.39, 0.29) is 31.5 Å². The molecule has 0 spiro atoms. The fraction of sp³-hybridized carbons (Fsp3) is 0.880. The Balaban J connectivity index is 4.42. The number of aliphatic hydroxyl groups is 1. The van der Waals surface area contributed by atoms with Crippen molar-refractivity contribution in [1.82, 2.24) is 4.90 Å². The van der Waals surface area contributed by atoms with Crippen LogP contribution in [0.3, 0.4) is 0 Å². The Bertz CT molecular complexity index is 527. The number of rotatable bonds is 22. The largest absolute Gasteiger partial charge is 0.481 e. The molecule has 0 aliphatic rings. The topological polar surface area (TPSA) is 113 Å². The van der Waals surface area contributed by atoms with E-state index in [9.17, 15) is 19.5 Å². The first-order valence-electron chi connectivity index (χ1n) is 12.7. The molecule has 0 aromatic rings. The second kappa shape index (κ2) is 20.9. The van der Waals surface area contributed by atoms with Crippen LogP contribution in [0, 0.1) is 0 Å². The summed E-state index contributed by atoms with van der Waals surface area (Å²) >= 11 is 0. The zero-order valence-corrected chi connectivity index (χ0v) is 21.1. The van der Waals surface area contributed by atoms with Crippen molar-refractivity contribution in [2.24, 2.45) is 0 Å². The van der Waals surface area contributed by atoms with E-state index < -0.39 is 18.2 Å². The first kappa shape index (κ1) is 31.3. The van der Waals surface area contributed by atoms with Crippen LogP contribution in [-0.4, -0.2) is 72.0 Å². The number of carboxylic acid groups (broad SMARTS) is 1. The predicted molar refractivity (Wildman–Crippen MR) is 128 cm³/mol. The Morgan fingerprint density at radius 2 is 1.45 bits per heavy atom. The van der Waals surface area contributed by atoms with Crippen molar-refractivity contribution < 1.29 is 34.1 Å². The number of nitrogens with zero attached hydrogens (tertiary/aromatic N) is 1. The van der Waals surface area contributed by atoms with Gasteiger partial charge >= 0.3 is 17.9 Å². The standard InChI is InChI=1S/C25H47NO7/c1-4-5-6-7-10-13-16-23(22(28)15-12-9-8-11-14-17-24(29)30)33-25(31)20-26(3)18-19-32-21(2)27/h22-23,28H,4-20H2,1-3H3,(H,29,30). The molecule has 8 heteroatoms. The number of likely N-dealkylation sites (N-methyl/N-ethyl adjacent to an activating group) is 1. The predicted octanol–water partition coefficient (Wildman–Crippen LogP) is 4.32. The van der Waals surface area contributed by atoms with Gasteiger partial charge in [-0.05, 0) is 32.7 Å². The van der Waals surface area contributed by atoms with E-state index in [0.717, 1.165) is 44.9 Å². The molecule has 0 rings (SSSR count). The summed E-state index contributed by atoms with van der Waals surface area (Å²) in [7, 11) is 1.76. The molecule has 2 atom stereocenters. The maximum absolute atomic E-state index is 12.4. The quantitative estimate of drug-likeness (QED) is 0.177. The minimum atomic E-state index is -0.762. The van der Waals surface area contributed by atoms with Crippen LogP contribution < -0.4 is 0 Å². The highest BCUT2D eigenvalue weighted by Crippen LogP contribution is 2.18. The van der Waals surface area contributed by atoms with Crippen LogP contribution in [0.1, 0.15) is 104 Å². The zero-order valence-electron chi connectivity index (χ0n) is 21.1. The number of carbonyl (C=O) groups excluding carboxylic acids is 2. The van der Waals surface area contributed by atoms with Gasteiger partial charge in [-0.1, -0.05) is 64.7 Å². The van der Waals surface area contributed by atoms with Crippen LogP contribution in [0.2, 0.25) is 0 Å². The molecule has 0 saturated carbocycles. The molecule has 0 aliphatic carbocycles. The molecule has 0 bridgehead atoms. The summed E-state index contributed by atoms with van der Waals surface area (Å²) in [5.41, 5.74) is 0. The van der Waals surface area contributed by atoms with Crippen molar-refractivity contribution in [3.63, 3.8) is 0 Å². The highest BCUT2D eigenvalue weighted by molar-refractivity contribution is 5.71. The normalized spacial score (nSPS) is 13.0. The number of hydrogen-bond donors (Lipinski definition) is 2. The molecular formula is C25H47NO7. The van der Waals surface area contributed by atoms with Gasteiger partial charge in [0.25, 0.3) is 0 Å². The van der Waals surface area contributed by atoms with Gasteiger partial charge in [-0.25, -0.2) is 0 Å². The average molecular weight is 474 g/mol. The molecule has 0 aromatic heterocycles. The Hall–Kier alpha value is -1.67. The summed E-state index contributed by atoms with van der Waals surface area (Å²) in [6.45, 7) is 4.25. The van der Waals surface area contributed by atoms with Gasteiger partial charge in [0.1, 0.15) is 12.7 Å². The van der Waals surface area contributed by atoms with E-state index in [2.05, 4.69) is 6.92 Å². The molecule has 0 aliphatic heterocycles. The van der Waals surface area contributed by atoms with Gasteiger partial charge < -0.3 is 19.7 Å². The van der Waals surface area contributed by atoms with Crippen LogP contribution in [-0.2, 0) is 23.9 Å². The van der Waals surface area contributed by atoms with Gasteiger partial charge in [0, 0.05) is 19.9 Å². The van der Waals surface area contributed by atoms with E-state index in [1.54, 1.807) is 11.9 Å². The summed E-state index contributed by atoms with van der Waals surface area (Å²) in [5, 5.41) is 19.4. The van der Waals surface area contributed by atoms with E-state index in [1.807, 2.05) is 0 Å². The lowest BCUT2D eigenvalue weighted by molar-refractivity contribution is -0.157. The Labute approximate surface area is 200 Å². The molecule has 8 nitrogen and oxygen atoms in total. The van der Waals surface area contributed by atoms with Crippen molar-refractivity contribution in [1.29, 1.82) is 0 Å². The van der Waals surface area contributed by atoms with Crippen LogP contribution in [0.5, 0.6) is 0 Å². The Morgan fingerprint density at radius 3 is 2.06 bits per heavy atom. The number of carboxylic acids is 1. The smallest absolute Gasteiger partial charge is 0.320 e. The fourth-order valence-corrected chi connectivity index (χ4v) is 3.65. The summed E-state index contributed by atoms with van der Waals surface area (Å²) in [5.74, 6) is -1.50. The SMILES string of the molecule is CCCCCCCCC(OC(=O)CN(C)CCOC(C)=O)C(O)CCCCCCCC(=O)O. The van der Waals surface area contributed by atoms with Crippen LogP contribution >= 0.6 is 0 Å². The fourth-order valence-electron chi connectivity index (χ4n) is 3.65. The zero-order chi connectivity index (χ0) is 24.9.